The van der Waals surface area contributed by atoms with E-state index in [4.69, 9.17) is 11.5 Å². The Hall–Kier alpha value is -3.38. The van der Waals surface area contributed by atoms with Gasteiger partial charge in [-0.2, -0.15) is 0 Å². The zero-order valence-corrected chi connectivity index (χ0v) is 20.0. The third-order valence-corrected chi connectivity index (χ3v) is 6.69. The van der Waals surface area contributed by atoms with Crippen LogP contribution in [-0.4, -0.2) is 45.4 Å². The first-order valence-corrected chi connectivity index (χ1v) is 11.8. The molecule has 0 saturated carbocycles. The Labute approximate surface area is 198 Å². The highest BCUT2D eigenvalue weighted by molar-refractivity contribution is 7.99. The van der Waals surface area contributed by atoms with Gasteiger partial charge >= 0.3 is 5.97 Å². The van der Waals surface area contributed by atoms with Crippen molar-refractivity contribution >= 4 is 51.8 Å². The number of ether oxygens (including phenoxy) is 1. The fourth-order valence-electron chi connectivity index (χ4n) is 3.18. The van der Waals surface area contributed by atoms with Crippen LogP contribution < -0.4 is 16.8 Å². The number of methoxy groups -OCH3 is 1. The van der Waals surface area contributed by atoms with Gasteiger partial charge in [-0.15, -0.1) is 21.5 Å². The van der Waals surface area contributed by atoms with Gasteiger partial charge in [-0.05, 0) is 18.9 Å². The van der Waals surface area contributed by atoms with E-state index in [9.17, 15) is 14.4 Å². The molecular weight excluding hydrogens is 464 g/mol. The van der Waals surface area contributed by atoms with E-state index < -0.39 is 23.8 Å². The molecule has 174 valence electrons. The van der Waals surface area contributed by atoms with E-state index in [0.29, 0.717) is 22.1 Å². The maximum Gasteiger partial charge on any atom is 0.316 e. The molecular formula is C21H24N6O4S2. The number of thiophene rings is 1. The third kappa shape index (κ3) is 5.34. The molecule has 1 aromatic carbocycles. The summed E-state index contributed by atoms with van der Waals surface area (Å²) < 4.78 is 6.10. The maximum absolute atomic E-state index is 13.2. The topological polar surface area (TPSA) is 155 Å². The number of nitrogens with zero attached hydrogens (tertiary/aromatic N) is 3. The fraction of sp³-hybridized carbons (Fsp3) is 0.286. The SMILES string of the molecule is CCC(C(=O)Nc1scc(-c2ccc(C)cc2)c1C(N)=O)n1c(N)nnc1SCC(=O)OC. The van der Waals surface area contributed by atoms with Crippen molar-refractivity contribution in [3.8, 4) is 11.1 Å². The number of hydrogen-bond donors (Lipinski definition) is 3. The lowest BCUT2D eigenvalue weighted by atomic mass is 10.0. The first-order chi connectivity index (χ1) is 15.8. The number of anilines is 2. The minimum absolute atomic E-state index is 0.0106. The number of nitrogens with one attached hydrogen (secondary N) is 1. The summed E-state index contributed by atoms with van der Waals surface area (Å²) in [5.41, 5.74) is 14.4. The molecule has 33 heavy (non-hydrogen) atoms. The summed E-state index contributed by atoms with van der Waals surface area (Å²) in [6.45, 7) is 3.77. The molecule has 2 aromatic heterocycles. The standard InChI is InChI=1S/C21H24N6O4S2/c1-4-14(27-20(23)25-26-21(27)33-10-15(28)31-3)18(30)24-19-16(17(22)29)13(9-32-19)12-7-5-11(2)6-8-12/h5-9,14H,4,10H2,1-3H3,(H2,22,29)(H2,23,25)(H,24,30). The zero-order chi connectivity index (χ0) is 24.1. The number of nitrogen functional groups attached to an aromatic ring is 1. The van der Waals surface area contributed by atoms with Crippen molar-refractivity contribution in [2.45, 2.75) is 31.5 Å². The van der Waals surface area contributed by atoms with Crippen molar-refractivity contribution in [2.24, 2.45) is 5.73 Å². The molecule has 2 heterocycles. The van der Waals surface area contributed by atoms with E-state index >= 15 is 0 Å². The first-order valence-electron chi connectivity index (χ1n) is 9.95. The number of carbonyl (C=O) groups excluding carboxylic acids is 3. The number of aromatic nitrogens is 3. The van der Waals surface area contributed by atoms with Gasteiger partial charge in [0, 0.05) is 10.9 Å². The average Bonchev–Trinajstić information content (AvgIpc) is 3.37. The number of benzene rings is 1. The molecule has 0 fully saturated rings. The summed E-state index contributed by atoms with van der Waals surface area (Å²) in [6, 6.07) is 6.89. The normalized spacial score (nSPS) is 11.7. The quantitative estimate of drug-likeness (QED) is 0.307. The van der Waals surface area contributed by atoms with Crippen molar-refractivity contribution in [1.82, 2.24) is 14.8 Å². The number of hydrogen-bond acceptors (Lipinski definition) is 9. The van der Waals surface area contributed by atoms with Gasteiger partial charge < -0.3 is 21.5 Å². The highest BCUT2D eigenvalue weighted by Gasteiger charge is 2.28. The third-order valence-electron chi connectivity index (χ3n) is 4.88. The van der Waals surface area contributed by atoms with Gasteiger partial charge in [0.05, 0.1) is 18.4 Å². The number of thioether (sulfide) groups is 1. The zero-order valence-electron chi connectivity index (χ0n) is 18.3. The van der Waals surface area contributed by atoms with Crippen LogP contribution in [0.2, 0.25) is 0 Å². The molecule has 3 aromatic rings. The number of nitrogens with two attached hydrogens (primary N) is 2. The number of primary amides is 1. The molecule has 12 heteroatoms. The molecule has 0 saturated heterocycles. The molecule has 10 nitrogen and oxygen atoms in total. The van der Waals surface area contributed by atoms with E-state index in [-0.39, 0.29) is 17.3 Å². The smallest absolute Gasteiger partial charge is 0.316 e. The summed E-state index contributed by atoms with van der Waals surface area (Å²) in [4.78, 5) is 37.0. The number of rotatable bonds is 9. The summed E-state index contributed by atoms with van der Waals surface area (Å²) in [6.07, 6.45) is 0.363. The van der Waals surface area contributed by atoms with E-state index in [1.54, 1.807) is 12.3 Å². The number of amides is 2. The molecule has 0 aliphatic carbocycles. The van der Waals surface area contributed by atoms with Gasteiger partial charge in [0.1, 0.15) is 11.0 Å². The molecule has 0 aliphatic heterocycles. The van der Waals surface area contributed by atoms with Crippen LogP contribution in [0.5, 0.6) is 0 Å². The Morgan fingerprint density at radius 3 is 2.55 bits per heavy atom. The van der Waals surface area contributed by atoms with E-state index in [1.807, 2.05) is 31.2 Å². The molecule has 3 rings (SSSR count). The number of esters is 1. The van der Waals surface area contributed by atoms with Gasteiger partial charge in [-0.3, -0.25) is 19.0 Å². The van der Waals surface area contributed by atoms with Gasteiger partial charge in [0.2, 0.25) is 11.9 Å². The highest BCUT2D eigenvalue weighted by atomic mass is 32.2. The van der Waals surface area contributed by atoms with Gasteiger partial charge in [0.25, 0.3) is 5.91 Å². The minimum Gasteiger partial charge on any atom is -0.468 e. The second-order valence-electron chi connectivity index (χ2n) is 7.07. The van der Waals surface area contributed by atoms with Gasteiger partial charge in [-0.1, -0.05) is 48.5 Å². The summed E-state index contributed by atoms with van der Waals surface area (Å²) >= 11 is 2.27. The van der Waals surface area contributed by atoms with E-state index in [2.05, 4.69) is 20.3 Å². The molecule has 5 N–H and O–H groups in total. The van der Waals surface area contributed by atoms with Crippen LogP contribution in [0.4, 0.5) is 10.9 Å². The van der Waals surface area contributed by atoms with Crippen LogP contribution in [0, 0.1) is 6.92 Å². The Morgan fingerprint density at radius 2 is 1.94 bits per heavy atom. The van der Waals surface area contributed by atoms with Gasteiger partial charge in [0.15, 0.2) is 5.16 Å². The van der Waals surface area contributed by atoms with Crippen LogP contribution >= 0.6 is 23.1 Å². The summed E-state index contributed by atoms with van der Waals surface area (Å²) in [5, 5.41) is 13.1. The van der Waals surface area contributed by atoms with Crippen LogP contribution in [0.3, 0.4) is 0 Å². The van der Waals surface area contributed by atoms with Crippen LogP contribution in [-0.2, 0) is 14.3 Å². The molecule has 0 radical (unpaired) electrons. The first kappa shape index (κ1) is 24.3. The van der Waals surface area contributed by atoms with Gasteiger partial charge in [-0.25, -0.2) is 0 Å². The lowest BCUT2D eigenvalue weighted by Gasteiger charge is -2.19. The van der Waals surface area contributed by atoms with Crippen LogP contribution in [0.1, 0.15) is 35.3 Å². The minimum atomic E-state index is -0.772. The molecule has 1 atom stereocenters. The van der Waals surface area contributed by atoms with Crippen molar-refractivity contribution in [3.63, 3.8) is 0 Å². The predicted octanol–water partition coefficient (Wildman–Crippen LogP) is 2.85. The van der Waals surface area contributed by atoms with E-state index in [0.717, 1.165) is 22.9 Å². The Kier molecular flexibility index (Phi) is 7.71. The number of aryl methyl sites for hydroxylation is 1. The van der Waals surface area contributed by atoms with Crippen molar-refractivity contribution in [3.05, 3.63) is 40.8 Å². The average molecular weight is 489 g/mol. The summed E-state index contributed by atoms with van der Waals surface area (Å²) in [7, 11) is 1.28. The molecule has 0 spiro atoms. The van der Waals surface area contributed by atoms with Crippen molar-refractivity contribution in [2.75, 3.05) is 23.9 Å². The van der Waals surface area contributed by atoms with E-state index in [1.165, 1.54) is 23.0 Å². The maximum atomic E-state index is 13.2. The monoisotopic (exact) mass is 488 g/mol. The lowest BCUT2D eigenvalue weighted by Crippen LogP contribution is -2.28. The van der Waals surface area contributed by atoms with Crippen LogP contribution in [0.15, 0.2) is 34.8 Å². The van der Waals surface area contributed by atoms with Crippen molar-refractivity contribution < 1.29 is 19.1 Å². The Morgan fingerprint density at radius 1 is 1.24 bits per heavy atom. The fourth-order valence-corrected chi connectivity index (χ4v) is 4.98. The Balaban J connectivity index is 1.89. The molecule has 1 unspecified atom stereocenters. The van der Waals surface area contributed by atoms with Crippen molar-refractivity contribution in [1.29, 1.82) is 0 Å². The number of carbonyl (C=O) groups is 3. The predicted molar refractivity (Wildman–Crippen MR) is 128 cm³/mol. The molecule has 0 aliphatic rings. The highest BCUT2D eigenvalue weighted by Crippen LogP contribution is 2.36. The lowest BCUT2D eigenvalue weighted by molar-refractivity contribution is -0.137. The molecule has 2 amide bonds. The second-order valence-corrected chi connectivity index (χ2v) is 8.89. The van der Waals surface area contributed by atoms with Crippen LogP contribution in [0.25, 0.3) is 11.1 Å². The summed E-state index contributed by atoms with van der Waals surface area (Å²) in [5.74, 6) is -1.48. The molecule has 0 bridgehead atoms. The Bertz CT molecular complexity index is 1170. The second kappa shape index (κ2) is 10.5. The largest absolute Gasteiger partial charge is 0.468 e.